The van der Waals surface area contributed by atoms with E-state index in [1.807, 2.05) is 6.92 Å². The average molecular weight is 447 g/mol. The van der Waals surface area contributed by atoms with Crippen molar-refractivity contribution in [2.45, 2.75) is 6.92 Å². The minimum Gasteiger partial charge on any atom is -0.465 e. The van der Waals surface area contributed by atoms with Crippen LogP contribution in [0.3, 0.4) is 0 Å². The maximum absolute atomic E-state index is 12.7. The molecule has 2 aromatic carbocycles. The highest BCUT2D eigenvalue weighted by atomic mass is 35.5. The van der Waals surface area contributed by atoms with Gasteiger partial charge in [0.05, 0.1) is 28.2 Å². The van der Waals surface area contributed by atoms with E-state index < -0.39 is 17.8 Å². The molecule has 6 nitrogen and oxygen atoms in total. The highest BCUT2D eigenvalue weighted by Gasteiger charge is 2.34. The van der Waals surface area contributed by atoms with Crippen LogP contribution in [0.2, 0.25) is 5.02 Å². The van der Waals surface area contributed by atoms with Crippen LogP contribution in [0.4, 0.5) is 0 Å². The lowest BCUT2D eigenvalue weighted by Gasteiger charge is -2.16. The van der Waals surface area contributed by atoms with Crippen molar-refractivity contribution >= 4 is 63.8 Å². The van der Waals surface area contributed by atoms with Gasteiger partial charge < -0.3 is 4.74 Å². The van der Waals surface area contributed by atoms with E-state index in [1.165, 1.54) is 7.11 Å². The van der Waals surface area contributed by atoms with E-state index in [-0.39, 0.29) is 14.9 Å². The van der Waals surface area contributed by atoms with Crippen molar-refractivity contribution in [1.29, 1.82) is 0 Å². The summed E-state index contributed by atoms with van der Waals surface area (Å²) in [6.45, 7) is 1.86. The summed E-state index contributed by atoms with van der Waals surface area (Å²) in [7, 11) is 1.31. The standard InChI is InChI=1S/C20H15ClN2O4S2/c1-11-3-8-14(15(21)9-11)17(24)22-23-18(25)16(29-20(23)28)10-12-4-6-13(7-5-12)19(26)27-2/h3-10H,1-2H3,(H,22,24)/b16-10+. The Labute approximate surface area is 181 Å². The molecule has 2 aromatic rings. The van der Waals surface area contributed by atoms with Gasteiger partial charge in [0.25, 0.3) is 11.8 Å². The third kappa shape index (κ3) is 4.67. The summed E-state index contributed by atoms with van der Waals surface area (Å²) in [4.78, 5) is 37.0. The van der Waals surface area contributed by atoms with Gasteiger partial charge in [0.15, 0.2) is 4.32 Å². The quantitative estimate of drug-likeness (QED) is 0.435. The number of hydrogen-bond donors (Lipinski definition) is 1. The largest absolute Gasteiger partial charge is 0.465 e. The van der Waals surface area contributed by atoms with Crippen molar-refractivity contribution in [3.8, 4) is 0 Å². The highest BCUT2D eigenvalue weighted by molar-refractivity contribution is 8.26. The summed E-state index contributed by atoms with van der Waals surface area (Å²) in [5, 5.41) is 1.31. The number of methoxy groups -OCH3 is 1. The molecule has 1 heterocycles. The minimum atomic E-state index is -0.532. The van der Waals surface area contributed by atoms with Gasteiger partial charge in [0.1, 0.15) is 0 Å². The molecule has 0 spiro atoms. The zero-order chi connectivity index (χ0) is 21.1. The molecule has 1 aliphatic rings. The summed E-state index contributed by atoms with van der Waals surface area (Å²) < 4.78 is 4.86. The molecule has 0 bridgehead atoms. The van der Waals surface area contributed by atoms with Crippen LogP contribution in [0.5, 0.6) is 0 Å². The first-order chi connectivity index (χ1) is 13.8. The molecule has 1 saturated heterocycles. The van der Waals surface area contributed by atoms with Gasteiger partial charge in [-0.2, -0.15) is 5.01 Å². The number of rotatable bonds is 4. The number of hydrazine groups is 1. The molecule has 1 fully saturated rings. The molecular weight excluding hydrogens is 432 g/mol. The second-order valence-electron chi connectivity index (χ2n) is 6.05. The van der Waals surface area contributed by atoms with E-state index in [2.05, 4.69) is 10.2 Å². The van der Waals surface area contributed by atoms with Gasteiger partial charge >= 0.3 is 5.97 Å². The van der Waals surface area contributed by atoms with Crippen LogP contribution in [0, 0.1) is 6.92 Å². The molecular formula is C20H15ClN2O4S2. The fourth-order valence-electron chi connectivity index (χ4n) is 2.51. The van der Waals surface area contributed by atoms with Crippen molar-refractivity contribution < 1.29 is 19.1 Å². The molecule has 1 N–H and O–H groups in total. The second kappa shape index (κ2) is 8.77. The Morgan fingerprint density at radius 1 is 1.21 bits per heavy atom. The SMILES string of the molecule is COC(=O)c1ccc(/C=C2/SC(=S)N(NC(=O)c3ccc(C)cc3Cl)C2=O)cc1. The van der Waals surface area contributed by atoms with Crippen LogP contribution < -0.4 is 5.43 Å². The number of amides is 2. The van der Waals surface area contributed by atoms with Crippen molar-refractivity contribution in [3.05, 3.63) is 74.6 Å². The Morgan fingerprint density at radius 2 is 1.90 bits per heavy atom. The number of thioether (sulfide) groups is 1. The summed E-state index contributed by atoms with van der Waals surface area (Å²) >= 11 is 12.4. The van der Waals surface area contributed by atoms with Gasteiger partial charge in [0, 0.05) is 0 Å². The number of aryl methyl sites for hydroxylation is 1. The van der Waals surface area contributed by atoms with E-state index >= 15 is 0 Å². The van der Waals surface area contributed by atoms with Crippen LogP contribution in [-0.2, 0) is 9.53 Å². The average Bonchev–Trinajstić information content (AvgIpc) is 2.95. The smallest absolute Gasteiger partial charge is 0.337 e. The highest BCUT2D eigenvalue weighted by Crippen LogP contribution is 2.31. The molecule has 1 aliphatic heterocycles. The molecule has 0 aromatic heterocycles. The number of thiocarbonyl (C=S) groups is 1. The molecule has 0 aliphatic carbocycles. The zero-order valence-electron chi connectivity index (χ0n) is 15.4. The van der Waals surface area contributed by atoms with Crippen molar-refractivity contribution in [3.63, 3.8) is 0 Å². The summed E-state index contributed by atoms with van der Waals surface area (Å²) in [6, 6.07) is 11.6. The predicted octanol–water partition coefficient (Wildman–Crippen LogP) is 3.98. The topological polar surface area (TPSA) is 75.7 Å². The Morgan fingerprint density at radius 3 is 2.52 bits per heavy atom. The van der Waals surface area contributed by atoms with Gasteiger partial charge in [0.2, 0.25) is 0 Å². The third-order valence-electron chi connectivity index (χ3n) is 4.01. The fourth-order valence-corrected chi connectivity index (χ4v) is 4.02. The van der Waals surface area contributed by atoms with E-state index in [0.29, 0.717) is 16.0 Å². The van der Waals surface area contributed by atoms with Crippen molar-refractivity contribution in [1.82, 2.24) is 10.4 Å². The number of halogens is 1. The Bertz CT molecular complexity index is 1050. The number of nitrogens with one attached hydrogen (secondary N) is 1. The Hall–Kier alpha value is -2.68. The summed E-state index contributed by atoms with van der Waals surface area (Å²) in [6.07, 6.45) is 1.63. The number of benzene rings is 2. The number of hydrogen-bond acceptors (Lipinski definition) is 6. The van der Waals surface area contributed by atoms with Gasteiger partial charge in [-0.15, -0.1) is 0 Å². The van der Waals surface area contributed by atoms with Crippen LogP contribution in [0.15, 0.2) is 47.4 Å². The van der Waals surface area contributed by atoms with E-state index in [0.717, 1.165) is 22.3 Å². The first-order valence-corrected chi connectivity index (χ1v) is 9.94. The van der Waals surface area contributed by atoms with Crippen molar-refractivity contribution in [2.24, 2.45) is 0 Å². The lowest BCUT2D eigenvalue weighted by Crippen LogP contribution is -2.44. The lowest BCUT2D eigenvalue weighted by atomic mass is 10.1. The van der Waals surface area contributed by atoms with Gasteiger partial charge in [-0.25, -0.2) is 4.79 Å². The number of nitrogens with zero attached hydrogens (tertiary/aromatic N) is 1. The Kier molecular flexibility index (Phi) is 6.36. The van der Waals surface area contributed by atoms with Gasteiger partial charge in [-0.3, -0.25) is 15.0 Å². The molecule has 0 saturated carbocycles. The maximum atomic E-state index is 12.7. The summed E-state index contributed by atoms with van der Waals surface area (Å²) in [5.41, 5.74) is 4.76. The van der Waals surface area contributed by atoms with E-state index in [4.69, 9.17) is 23.8 Å². The second-order valence-corrected chi connectivity index (χ2v) is 8.14. The molecule has 0 unspecified atom stereocenters. The van der Waals surface area contributed by atoms with E-state index in [1.54, 1.807) is 48.5 Å². The van der Waals surface area contributed by atoms with Gasteiger partial charge in [-0.1, -0.05) is 41.6 Å². The number of carbonyl (C=O) groups is 3. The van der Waals surface area contributed by atoms with E-state index in [9.17, 15) is 14.4 Å². The van der Waals surface area contributed by atoms with Crippen LogP contribution >= 0.6 is 35.6 Å². The predicted molar refractivity (Wildman–Crippen MR) is 116 cm³/mol. The molecule has 3 rings (SSSR count). The molecule has 0 radical (unpaired) electrons. The molecule has 148 valence electrons. The summed E-state index contributed by atoms with van der Waals surface area (Å²) in [5.74, 6) is -1.43. The fraction of sp³-hybridized carbons (Fsp3) is 0.100. The number of esters is 1. The van der Waals surface area contributed by atoms with Gasteiger partial charge in [-0.05, 0) is 60.6 Å². The third-order valence-corrected chi connectivity index (χ3v) is 5.62. The zero-order valence-corrected chi connectivity index (χ0v) is 17.8. The maximum Gasteiger partial charge on any atom is 0.337 e. The molecule has 29 heavy (non-hydrogen) atoms. The first kappa shape index (κ1) is 21.0. The van der Waals surface area contributed by atoms with Crippen LogP contribution in [0.25, 0.3) is 6.08 Å². The van der Waals surface area contributed by atoms with Crippen LogP contribution in [-0.4, -0.2) is 34.2 Å². The molecule has 9 heteroatoms. The Balaban J connectivity index is 1.76. The number of carbonyl (C=O) groups excluding carboxylic acids is 3. The molecule has 2 amide bonds. The van der Waals surface area contributed by atoms with Crippen LogP contribution in [0.1, 0.15) is 31.8 Å². The first-order valence-electron chi connectivity index (χ1n) is 8.33. The molecule has 0 atom stereocenters. The van der Waals surface area contributed by atoms with Crippen molar-refractivity contribution in [2.75, 3.05) is 7.11 Å². The minimum absolute atomic E-state index is 0.198. The normalized spacial score (nSPS) is 15.0. The number of ether oxygens (including phenoxy) is 1. The monoisotopic (exact) mass is 446 g/mol. The lowest BCUT2D eigenvalue weighted by molar-refractivity contribution is -0.123.